The molecule has 7 nitrogen and oxygen atoms in total. The first-order chi connectivity index (χ1) is 13.7. The summed E-state index contributed by atoms with van der Waals surface area (Å²) in [5.74, 6) is 0.121. The molecule has 0 fully saturated rings. The lowest BCUT2D eigenvalue weighted by Crippen LogP contribution is -2.49. The van der Waals surface area contributed by atoms with Crippen LogP contribution in [0.15, 0.2) is 53.3 Å². The van der Waals surface area contributed by atoms with Gasteiger partial charge in [0.2, 0.25) is 0 Å². The number of benzene rings is 2. The summed E-state index contributed by atoms with van der Waals surface area (Å²) in [5.41, 5.74) is -0.441. The van der Waals surface area contributed by atoms with Crippen molar-refractivity contribution in [1.29, 1.82) is 0 Å². The molecule has 1 amide bonds. The Balaban J connectivity index is 2.42. The highest BCUT2D eigenvalue weighted by atomic mass is 35.5. The number of fused-ring (bicyclic) bond motifs is 1. The third kappa shape index (κ3) is 3.83. The van der Waals surface area contributed by atoms with Crippen LogP contribution in [0.25, 0.3) is 16.6 Å². The number of aromatic nitrogens is 2. The third-order valence-electron chi connectivity index (χ3n) is 4.60. The Morgan fingerprint density at radius 2 is 1.83 bits per heavy atom. The number of aliphatic hydroxyl groups is 1. The highest BCUT2D eigenvalue weighted by Crippen LogP contribution is 2.30. The molecule has 152 valence electrons. The predicted molar refractivity (Wildman–Crippen MR) is 112 cm³/mol. The van der Waals surface area contributed by atoms with E-state index in [0.29, 0.717) is 11.2 Å². The van der Waals surface area contributed by atoms with E-state index in [1.807, 2.05) is 0 Å². The van der Waals surface area contributed by atoms with Crippen molar-refractivity contribution in [3.05, 3.63) is 69.7 Å². The molecule has 0 bridgehead atoms. The average Bonchev–Trinajstić information content (AvgIpc) is 2.65. The van der Waals surface area contributed by atoms with Crippen LogP contribution < -0.4 is 5.56 Å². The minimum Gasteiger partial charge on any atom is -0.465 e. The maximum atomic E-state index is 13.4. The van der Waals surface area contributed by atoms with Gasteiger partial charge in [0.15, 0.2) is 0 Å². The van der Waals surface area contributed by atoms with Crippen LogP contribution in [0, 0.1) is 0 Å². The fourth-order valence-corrected chi connectivity index (χ4v) is 3.67. The maximum absolute atomic E-state index is 13.4. The van der Waals surface area contributed by atoms with Crippen molar-refractivity contribution >= 4 is 28.6 Å². The summed E-state index contributed by atoms with van der Waals surface area (Å²) >= 11 is 6.27. The van der Waals surface area contributed by atoms with Gasteiger partial charge in [-0.05, 0) is 45.0 Å². The monoisotopic (exact) mass is 415 g/mol. The highest BCUT2D eigenvalue weighted by molar-refractivity contribution is 6.35. The standard InChI is InChI=1S/C21H22ClN3O4/c1-21(2,3)25(20(28)29)16(12-26)18-23-15-11-7-10-14(22)17(15)19(27)24(18)13-8-5-4-6-9-13/h4-11,16,26H,12H2,1-3H3,(H,28,29). The van der Waals surface area contributed by atoms with Crippen molar-refractivity contribution in [1.82, 2.24) is 14.5 Å². The van der Waals surface area contributed by atoms with Gasteiger partial charge >= 0.3 is 6.09 Å². The molecule has 0 aliphatic carbocycles. The molecular formula is C21H22ClN3O4. The Hall–Kier alpha value is -2.90. The van der Waals surface area contributed by atoms with E-state index in [2.05, 4.69) is 4.98 Å². The van der Waals surface area contributed by atoms with E-state index < -0.39 is 29.8 Å². The number of carbonyl (C=O) groups is 1. The summed E-state index contributed by atoms with van der Waals surface area (Å²) < 4.78 is 1.32. The van der Waals surface area contributed by atoms with Gasteiger partial charge in [0, 0.05) is 5.54 Å². The smallest absolute Gasteiger partial charge is 0.408 e. The van der Waals surface area contributed by atoms with E-state index in [4.69, 9.17) is 11.6 Å². The minimum atomic E-state index is -1.23. The Morgan fingerprint density at radius 1 is 1.17 bits per heavy atom. The number of amides is 1. The number of hydrogen-bond acceptors (Lipinski definition) is 4. The highest BCUT2D eigenvalue weighted by Gasteiger charge is 2.37. The average molecular weight is 416 g/mol. The van der Waals surface area contributed by atoms with Gasteiger partial charge in [-0.2, -0.15) is 0 Å². The van der Waals surface area contributed by atoms with E-state index in [-0.39, 0.29) is 16.2 Å². The van der Waals surface area contributed by atoms with Gasteiger partial charge in [-0.3, -0.25) is 14.3 Å². The molecule has 0 aliphatic rings. The summed E-state index contributed by atoms with van der Waals surface area (Å²) in [4.78, 5) is 31.1. The van der Waals surface area contributed by atoms with Crippen molar-refractivity contribution in [3.63, 3.8) is 0 Å². The first-order valence-corrected chi connectivity index (χ1v) is 9.44. The number of carboxylic acid groups (broad SMARTS) is 1. The summed E-state index contributed by atoms with van der Waals surface area (Å²) in [6, 6.07) is 12.6. The van der Waals surface area contributed by atoms with E-state index in [1.165, 1.54) is 4.57 Å². The van der Waals surface area contributed by atoms with Crippen molar-refractivity contribution in [2.24, 2.45) is 0 Å². The van der Waals surface area contributed by atoms with Gasteiger partial charge in [-0.15, -0.1) is 0 Å². The molecule has 1 unspecified atom stereocenters. The van der Waals surface area contributed by atoms with Crippen LogP contribution in [0.5, 0.6) is 0 Å². The maximum Gasteiger partial charge on any atom is 0.408 e. The molecule has 1 heterocycles. The van der Waals surface area contributed by atoms with Crippen LogP contribution in [-0.2, 0) is 0 Å². The molecule has 3 rings (SSSR count). The van der Waals surface area contributed by atoms with E-state index in [0.717, 1.165) is 4.90 Å². The zero-order valence-corrected chi connectivity index (χ0v) is 17.1. The Morgan fingerprint density at radius 3 is 2.38 bits per heavy atom. The molecular weight excluding hydrogens is 394 g/mol. The molecule has 1 atom stereocenters. The van der Waals surface area contributed by atoms with E-state index in [1.54, 1.807) is 69.3 Å². The van der Waals surface area contributed by atoms with Gasteiger partial charge < -0.3 is 10.2 Å². The second-order valence-electron chi connectivity index (χ2n) is 7.60. The minimum absolute atomic E-state index is 0.121. The SMILES string of the molecule is CC(C)(C)N(C(=O)O)C(CO)c1nc2cccc(Cl)c2c(=O)n1-c1ccccc1. The Bertz CT molecular complexity index is 1110. The molecule has 0 saturated carbocycles. The van der Waals surface area contributed by atoms with Crippen LogP contribution in [0.3, 0.4) is 0 Å². The van der Waals surface area contributed by atoms with E-state index in [9.17, 15) is 19.8 Å². The molecule has 1 aromatic heterocycles. The first-order valence-electron chi connectivity index (χ1n) is 9.06. The fourth-order valence-electron chi connectivity index (χ4n) is 3.42. The Labute approximate surface area is 172 Å². The molecule has 0 spiro atoms. The molecule has 0 radical (unpaired) electrons. The predicted octanol–water partition coefficient (Wildman–Crippen LogP) is 3.85. The lowest BCUT2D eigenvalue weighted by molar-refractivity contribution is 0.0416. The lowest BCUT2D eigenvalue weighted by Gasteiger charge is -2.39. The summed E-state index contributed by atoms with van der Waals surface area (Å²) in [5, 5.41) is 20.5. The first kappa shape index (κ1) is 20.8. The second-order valence-corrected chi connectivity index (χ2v) is 8.01. The summed E-state index contributed by atoms with van der Waals surface area (Å²) in [6.07, 6.45) is -1.23. The van der Waals surface area contributed by atoms with Gasteiger partial charge in [0.25, 0.3) is 5.56 Å². The molecule has 0 aliphatic heterocycles. The molecule has 2 N–H and O–H groups in total. The van der Waals surface area contributed by atoms with Crippen LogP contribution >= 0.6 is 11.6 Å². The number of halogens is 1. The molecule has 0 saturated heterocycles. The number of rotatable bonds is 4. The normalized spacial score (nSPS) is 12.7. The van der Waals surface area contributed by atoms with Crippen LogP contribution in [0.4, 0.5) is 4.79 Å². The summed E-state index contributed by atoms with van der Waals surface area (Å²) in [7, 11) is 0. The largest absolute Gasteiger partial charge is 0.465 e. The van der Waals surface area contributed by atoms with Gasteiger partial charge in [-0.1, -0.05) is 35.9 Å². The van der Waals surface area contributed by atoms with Crippen LogP contribution in [0.1, 0.15) is 32.6 Å². The molecule has 2 aromatic carbocycles. The van der Waals surface area contributed by atoms with Crippen molar-refractivity contribution < 1.29 is 15.0 Å². The zero-order valence-electron chi connectivity index (χ0n) is 16.3. The topological polar surface area (TPSA) is 95.7 Å². The van der Waals surface area contributed by atoms with Gasteiger partial charge in [0.1, 0.15) is 11.9 Å². The molecule has 3 aromatic rings. The number of aliphatic hydroxyl groups excluding tert-OH is 1. The van der Waals surface area contributed by atoms with Gasteiger partial charge in [0.05, 0.1) is 28.2 Å². The molecule has 29 heavy (non-hydrogen) atoms. The number of para-hydroxylation sites is 1. The van der Waals surface area contributed by atoms with Crippen molar-refractivity contribution in [2.45, 2.75) is 32.4 Å². The van der Waals surface area contributed by atoms with Crippen LogP contribution in [-0.4, -0.2) is 42.9 Å². The van der Waals surface area contributed by atoms with Crippen molar-refractivity contribution in [2.75, 3.05) is 6.61 Å². The number of nitrogens with zero attached hydrogens (tertiary/aromatic N) is 3. The second kappa shape index (κ2) is 7.85. The van der Waals surface area contributed by atoms with E-state index >= 15 is 0 Å². The third-order valence-corrected chi connectivity index (χ3v) is 4.91. The van der Waals surface area contributed by atoms with Crippen molar-refractivity contribution in [3.8, 4) is 5.69 Å². The Kier molecular flexibility index (Phi) is 5.64. The molecule has 8 heteroatoms. The van der Waals surface area contributed by atoms with Gasteiger partial charge in [-0.25, -0.2) is 9.78 Å². The van der Waals surface area contributed by atoms with Crippen LogP contribution in [0.2, 0.25) is 5.02 Å². The summed E-state index contributed by atoms with van der Waals surface area (Å²) in [6.45, 7) is 4.60. The quantitative estimate of drug-likeness (QED) is 0.674. The zero-order chi connectivity index (χ0) is 21.3. The fraction of sp³-hybridized carbons (Fsp3) is 0.286. The lowest BCUT2D eigenvalue weighted by atomic mass is 10.0. The number of hydrogen-bond donors (Lipinski definition) is 2.